The van der Waals surface area contributed by atoms with Crippen molar-refractivity contribution < 1.29 is 56.0 Å². The van der Waals surface area contributed by atoms with Crippen LogP contribution in [0.1, 0.15) is 68.2 Å². The summed E-state index contributed by atoms with van der Waals surface area (Å²) in [5.74, 6) is -4.96. The first-order valence-corrected chi connectivity index (χ1v) is 28.4. The number of ketones is 1. The number of fused-ring (bicyclic) bond motifs is 1. The summed E-state index contributed by atoms with van der Waals surface area (Å²) in [6.07, 6.45) is 9.09. The molecule has 72 heavy (non-hydrogen) atoms. The van der Waals surface area contributed by atoms with Crippen LogP contribution in [0.4, 0.5) is 0 Å². The largest absolute Gasteiger partial charge is 0.511 e. The number of allylic oxidation sites excluding steroid dienone is 4. The van der Waals surface area contributed by atoms with Gasteiger partial charge in [-0.2, -0.15) is 0 Å². The van der Waals surface area contributed by atoms with Crippen LogP contribution in [0.25, 0.3) is 0 Å². The van der Waals surface area contributed by atoms with E-state index in [1.54, 1.807) is 56.5 Å². The molecule has 14 heteroatoms. The Morgan fingerprint density at radius 3 is 2.01 bits per heavy atom. The van der Waals surface area contributed by atoms with Gasteiger partial charge >= 0.3 is 5.97 Å². The molecular formula is C58H72O12SSi. The Labute approximate surface area is 427 Å². The fourth-order valence-corrected chi connectivity index (χ4v) is 18.3. The molecule has 3 aromatic rings. The molecule has 0 aromatic heterocycles. The summed E-state index contributed by atoms with van der Waals surface area (Å²) in [4.78, 5) is 43.6. The van der Waals surface area contributed by atoms with Crippen LogP contribution in [-0.4, -0.2) is 97.9 Å². The van der Waals surface area contributed by atoms with Crippen LogP contribution in [0.2, 0.25) is 5.04 Å². The van der Waals surface area contributed by atoms with Gasteiger partial charge in [0.05, 0.1) is 35.4 Å². The summed E-state index contributed by atoms with van der Waals surface area (Å²) in [5.41, 5.74) is -2.34. The number of hydrogen-bond acceptors (Lipinski definition) is 12. The quantitative estimate of drug-likeness (QED) is 0.0189. The second kappa shape index (κ2) is 22.2. The van der Waals surface area contributed by atoms with Crippen LogP contribution >= 0.6 is 0 Å². The lowest BCUT2D eigenvalue weighted by Gasteiger charge is -2.56. The predicted octanol–water partition coefficient (Wildman–Crippen LogP) is 8.83. The number of benzene rings is 3. The molecule has 4 aliphatic rings. The van der Waals surface area contributed by atoms with Crippen molar-refractivity contribution in [2.24, 2.45) is 40.9 Å². The molecule has 1 spiro atoms. The molecular weight excluding hydrogens is 949 g/mol. The SMILES string of the molecule is COCO[C@@H]1[C@H]2C=C[C@@H](/C(C)=C\CS(=O)(=O)c3ccccc3)[C@@](C)(/C(O)=C3\C(=O)O[C@]4(CC(CO[Si](c5ccccc5)(c5ccccc5)C(C)(C)C)=C[C@H](OCOC)[C@H]4/C=C(\C)C=O)C3=O)[C@@H]2[C@@H](C)C[C@@H]1C. The number of carbonyl (C=O) groups excluding carboxylic acids is 3. The summed E-state index contributed by atoms with van der Waals surface area (Å²) in [7, 11) is -3.87. The molecule has 0 bridgehead atoms. The van der Waals surface area contributed by atoms with Crippen molar-refractivity contribution in [2.75, 3.05) is 40.2 Å². The van der Waals surface area contributed by atoms with Gasteiger partial charge in [-0.05, 0) is 76.7 Å². The first kappa shape index (κ1) is 54.7. The van der Waals surface area contributed by atoms with Crippen LogP contribution in [-0.2, 0) is 52.3 Å². The van der Waals surface area contributed by atoms with Gasteiger partial charge in [-0.15, -0.1) is 0 Å². The minimum Gasteiger partial charge on any atom is -0.511 e. The second-order valence-electron chi connectivity index (χ2n) is 21.4. The number of methoxy groups -OCH3 is 2. The molecule has 3 aromatic carbocycles. The number of esters is 1. The number of aliphatic hydroxyl groups is 1. The van der Waals surface area contributed by atoms with Crippen LogP contribution in [0, 0.1) is 40.9 Å². The fourth-order valence-electron chi connectivity index (χ4n) is 12.5. The van der Waals surface area contributed by atoms with Crippen molar-refractivity contribution in [1.29, 1.82) is 0 Å². The number of aliphatic hydroxyl groups excluding tert-OH is 1. The monoisotopic (exact) mass is 1020 g/mol. The third-order valence-corrected chi connectivity index (χ3v) is 22.3. The molecule has 386 valence electrons. The number of aldehydes is 1. The molecule has 12 nitrogen and oxygen atoms in total. The topological polar surface area (TPSA) is 161 Å². The average molecular weight is 1020 g/mol. The highest BCUT2D eigenvalue weighted by Crippen LogP contribution is 2.60. The van der Waals surface area contributed by atoms with E-state index in [2.05, 4.69) is 65.0 Å². The highest BCUT2D eigenvalue weighted by atomic mass is 32.2. The van der Waals surface area contributed by atoms with E-state index in [4.69, 9.17) is 28.1 Å². The van der Waals surface area contributed by atoms with Gasteiger partial charge in [0.2, 0.25) is 5.78 Å². The van der Waals surface area contributed by atoms with E-state index in [1.807, 2.05) is 62.4 Å². The van der Waals surface area contributed by atoms with Crippen molar-refractivity contribution in [1.82, 2.24) is 0 Å². The standard InChI is InChI=1S/C58H72O12SSi/c1-38(34-59)30-48-49(67-36-65-9)32-42(35-69-72(56(5,6)7,44-22-16-12-17-23-44)45-24-18-13-19-25-45)33-58(48)54(61)50(55(62)70-58)53(60)57(8)47(39(2)28-29-71(63,64)43-20-14-11-15-21-43)27-26-46-51(57)40(3)31-41(4)52(46)68-37-66-10/h11-28,30,32,34,40-41,46-49,51-52,60H,29,31,33,35-37H2,1-10H3/b38-30+,39-28-,53-50+/t40-,41-,46-,47-,48+,49-,51+,52-,57+,58-/m0/s1. The minimum atomic E-state index is -3.76. The lowest BCUT2D eigenvalue weighted by atomic mass is 9.49. The Bertz CT molecular complexity index is 2670. The molecule has 3 aliphatic carbocycles. The lowest BCUT2D eigenvalue weighted by Crippen LogP contribution is -2.66. The molecule has 1 saturated carbocycles. The van der Waals surface area contributed by atoms with Gasteiger partial charge in [0.1, 0.15) is 31.2 Å². The molecule has 10 atom stereocenters. The van der Waals surface area contributed by atoms with E-state index in [0.29, 0.717) is 23.9 Å². The number of rotatable bonds is 18. The Hall–Kier alpha value is -5.06. The van der Waals surface area contributed by atoms with Crippen molar-refractivity contribution in [3.63, 3.8) is 0 Å². The summed E-state index contributed by atoms with van der Waals surface area (Å²) in [6, 6.07) is 28.5. The maximum absolute atomic E-state index is 16.0. The van der Waals surface area contributed by atoms with Gasteiger partial charge < -0.3 is 33.2 Å². The lowest BCUT2D eigenvalue weighted by molar-refractivity contribution is -0.165. The number of carbonyl (C=O) groups is 3. The van der Waals surface area contributed by atoms with Gasteiger partial charge in [0.15, 0.2) is 15.4 Å². The second-order valence-corrected chi connectivity index (χ2v) is 27.7. The molecule has 1 N–H and O–H groups in total. The molecule has 0 amide bonds. The molecule has 1 heterocycles. The van der Waals surface area contributed by atoms with Gasteiger partial charge in [-0.1, -0.05) is 156 Å². The maximum atomic E-state index is 16.0. The van der Waals surface area contributed by atoms with E-state index in [0.717, 1.165) is 10.4 Å². The van der Waals surface area contributed by atoms with E-state index < -0.39 is 81.2 Å². The highest BCUT2D eigenvalue weighted by Gasteiger charge is 2.64. The van der Waals surface area contributed by atoms with Crippen LogP contribution < -0.4 is 10.4 Å². The maximum Gasteiger partial charge on any atom is 0.346 e. The molecule has 1 saturated heterocycles. The van der Waals surface area contributed by atoms with Crippen LogP contribution in [0.3, 0.4) is 0 Å². The number of Topliss-reactive ketones (excluding diaryl/α,β-unsaturated/α-hetero) is 1. The van der Waals surface area contributed by atoms with E-state index in [1.165, 1.54) is 7.11 Å². The average Bonchev–Trinajstić information content (AvgIpc) is 3.60. The van der Waals surface area contributed by atoms with E-state index in [9.17, 15) is 18.3 Å². The Kier molecular flexibility index (Phi) is 16.9. The van der Waals surface area contributed by atoms with Crippen LogP contribution in [0.15, 0.2) is 154 Å². The van der Waals surface area contributed by atoms with Crippen molar-refractivity contribution in [3.05, 3.63) is 149 Å². The Morgan fingerprint density at radius 1 is 0.861 bits per heavy atom. The van der Waals surface area contributed by atoms with Gasteiger partial charge in [-0.3, -0.25) is 9.59 Å². The molecule has 0 unspecified atom stereocenters. The summed E-state index contributed by atoms with van der Waals surface area (Å²) < 4.78 is 64.8. The number of hydrogen-bond donors (Lipinski definition) is 1. The minimum absolute atomic E-state index is 0.0314. The highest BCUT2D eigenvalue weighted by molar-refractivity contribution is 7.91. The molecule has 2 fully saturated rings. The zero-order chi connectivity index (χ0) is 52.2. The summed E-state index contributed by atoms with van der Waals surface area (Å²) in [6.45, 7) is 15.9. The third kappa shape index (κ3) is 10.2. The normalized spacial score (nSPS) is 29.9. The van der Waals surface area contributed by atoms with E-state index >= 15 is 9.59 Å². The van der Waals surface area contributed by atoms with Crippen molar-refractivity contribution in [3.8, 4) is 0 Å². The predicted molar refractivity (Wildman–Crippen MR) is 279 cm³/mol. The Balaban J connectivity index is 1.38. The zero-order valence-corrected chi connectivity index (χ0v) is 45.1. The van der Waals surface area contributed by atoms with Gasteiger partial charge in [-0.25, -0.2) is 13.2 Å². The number of sulfone groups is 1. The van der Waals surface area contributed by atoms with Crippen molar-refractivity contribution >= 4 is 46.6 Å². The van der Waals surface area contributed by atoms with Gasteiger partial charge in [0, 0.05) is 37.9 Å². The molecule has 7 rings (SSSR count). The van der Waals surface area contributed by atoms with Gasteiger partial charge in [0.25, 0.3) is 8.32 Å². The van der Waals surface area contributed by atoms with Crippen LogP contribution in [0.5, 0.6) is 0 Å². The molecule has 0 radical (unpaired) electrons. The summed E-state index contributed by atoms with van der Waals surface area (Å²) >= 11 is 0. The number of ether oxygens (including phenoxy) is 5. The summed E-state index contributed by atoms with van der Waals surface area (Å²) in [5, 5.41) is 15.0. The van der Waals surface area contributed by atoms with E-state index in [-0.39, 0.29) is 66.7 Å². The smallest absolute Gasteiger partial charge is 0.346 e. The Morgan fingerprint density at radius 2 is 1.44 bits per heavy atom. The molecule has 1 aliphatic heterocycles. The first-order valence-electron chi connectivity index (χ1n) is 24.9. The fraction of sp³-hybridized carbons (Fsp3) is 0.466. The third-order valence-electron chi connectivity index (χ3n) is 15.7. The van der Waals surface area contributed by atoms with Crippen molar-refractivity contribution in [2.45, 2.75) is 96.0 Å². The zero-order valence-electron chi connectivity index (χ0n) is 43.3. The first-order chi connectivity index (χ1) is 34.2.